The average Bonchev–Trinajstić information content (AvgIpc) is 2.15. The number of hydrogen-bond acceptors (Lipinski definition) is 2. The summed E-state index contributed by atoms with van der Waals surface area (Å²) in [5.41, 5.74) is 0. The number of unbranched alkanes of at least 4 members (excludes halogenated alkanes) is 2. The molecule has 0 aromatic heterocycles. The van der Waals surface area contributed by atoms with Crippen molar-refractivity contribution in [1.29, 1.82) is 0 Å². The van der Waals surface area contributed by atoms with E-state index >= 15 is 0 Å². The number of nitrogens with one attached hydrogen (secondary N) is 1. The highest BCUT2D eigenvalue weighted by Crippen LogP contribution is 2.03. The van der Waals surface area contributed by atoms with Crippen LogP contribution in [0.2, 0.25) is 0 Å². The van der Waals surface area contributed by atoms with E-state index in [2.05, 4.69) is 11.2 Å². The molecule has 1 fully saturated rings. The van der Waals surface area contributed by atoms with Crippen LogP contribution < -0.4 is 5.32 Å². The molecule has 0 aromatic carbocycles. The quantitative estimate of drug-likeness (QED) is 0.530. The zero-order valence-corrected chi connectivity index (χ0v) is 8.08. The number of nitrogens with zero attached hydrogens (tertiary/aromatic N) is 1. The van der Waals surface area contributed by atoms with E-state index in [1.807, 2.05) is 0 Å². The second-order valence-electron chi connectivity index (χ2n) is 3.25. The third-order valence-corrected chi connectivity index (χ3v) is 2.14. The lowest BCUT2D eigenvalue weighted by Gasteiger charge is -2.26. The van der Waals surface area contributed by atoms with E-state index in [4.69, 9.17) is 6.42 Å². The molecule has 1 saturated heterocycles. The molecule has 0 aliphatic carbocycles. The van der Waals surface area contributed by atoms with Crippen LogP contribution in [0.25, 0.3) is 0 Å². The Morgan fingerprint density at radius 3 is 2.86 bits per heavy atom. The number of imide groups is 1. The standard InChI is InChI=1S/C10H14N2O2/c1-2-3-4-5-7-12-8-6-9(13)11-10(12)14/h1H,3-8H2,(H,11,13,14). The molecule has 0 unspecified atom stereocenters. The Labute approximate surface area is 83.6 Å². The maximum Gasteiger partial charge on any atom is 0.324 e. The average molecular weight is 194 g/mol. The van der Waals surface area contributed by atoms with E-state index in [9.17, 15) is 9.59 Å². The molecule has 4 heteroatoms. The zero-order valence-electron chi connectivity index (χ0n) is 8.08. The number of carbonyl (C=O) groups is 2. The van der Waals surface area contributed by atoms with E-state index < -0.39 is 0 Å². The summed E-state index contributed by atoms with van der Waals surface area (Å²) in [5, 5.41) is 2.28. The second kappa shape index (κ2) is 5.28. The van der Waals surface area contributed by atoms with Crippen LogP contribution in [0.4, 0.5) is 4.79 Å². The smallest absolute Gasteiger partial charge is 0.324 e. The Morgan fingerprint density at radius 2 is 2.21 bits per heavy atom. The number of urea groups is 1. The highest BCUT2D eigenvalue weighted by atomic mass is 16.2. The third kappa shape index (κ3) is 3.09. The van der Waals surface area contributed by atoms with Gasteiger partial charge in [-0.25, -0.2) is 4.79 Å². The molecule has 3 amide bonds. The van der Waals surface area contributed by atoms with Gasteiger partial charge in [-0.15, -0.1) is 12.3 Å². The summed E-state index contributed by atoms with van der Waals surface area (Å²) < 4.78 is 0. The minimum absolute atomic E-state index is 0.185. The van der Waals surface area contributed by atoms with Crippen molar-refractivity contribution in [1.82, 2.24) is 10.2 Å². The lowest BCUT2D eigenvalue weighted by molar-refractivity contribution is -0.121. The first-order chi connectivity index (χ1) is 6.74. The van der Waals surface area contributed by atoms with Crippen molar-refractivity contribution in [2.24, 2.45) is 0 Å². The Bertz CT molecular complexity index is 268. The first kappa shape index (κ1) is 10.6. The van der Waals surface area contributed by atoms with E-state index in [1.54, 1.807) is 4.90 Å². The highest BCUT2D eigenvalue weighted by molar-refractivity contribution is 5.96. The number of rotatable bonds is 4. The predicted molar refractivity (Wildman–Crippen MR) is 52.4 cm³/mol. The van der Waals surface area contributed by atoms with Gasteiger partial charge in [0.05, 0.1) is 0 Å². The normalized spacial score (nSPS) is 16.4. The molecule has 0 aromatic rings. The minimum atomic E-state index is -0.276. The Balaban J connectivity index is 2.21. The Hall–Kier alpha value is -1.50. The number of amides is 3. The fourth-order valence-electron chi connectivity index (χ4n) is 1.34. The van der Waals surface area contributed by atoms with Crippen LogP contribution in [0, 0.1) is 12.3 Å². The molecule has 1 N–H and O–H groups in total. The van der Waals surface area contributed by atoms with Crippen LogP contribution in [0.5, 0.6) is 0 Å². The fourth-order valence-corrected chi connectivity index (χ4v) is 1.34. The summed E-state index contributed by atoms with van der Waals surface area (Å²) >= 11 is 0. The molecule has 0 saturated carbocycles. The molecule has 0 bridgehead atoms. The molecule has 0 spiro atoms. The van der Waals surface area contributed by atoms with Gasteiger partial charge < -0.3 is 4.90 Å². The van der Waals surface area contributed by atoms with Gasteiger partial charge in [0.2, 0.25) is 5.91 Å². The van der Waals surface area contributed by atoms with Crippen LogP contribution in [0.1, 0.15) is 25.7 Å². The SMILES string of the molecule is C#CCCCCN1CCC(=O)NC1=O. The van der Waals surface area contributed by atoms with Gasteiger partial charge in [0, 0.05) is 25.9 Å². The van der Waals surface area contributed by atoms with Crippen molar-refractivity contribution in [3.05, 3.63) is 0 Å². The summed E-state index contributed by atoms with van der Waals surface area (Å²) in [4.78, 5) is 23.7. The van der Waals surface area contributed by atoms with Crippen LogP contribution in [-0.2, 0) is 4.79 Å². The van der Waals surface area contributed by atoms with E-state index in [-0.39, 0.29) is 11.9 Å². The predicted octanol–water partition coefficient (Wildman–Crippen LogP) is 0.732. The van der Waals surface area contributed by atoms with E-state index in [0.717, 1.165) is 19.3 Å². The molecule has 1 aliphatic rings. The molecule has 14 heavy (non-hydrogen) atoms. The molecule has 1 aliphatic heterocycles. The summed E-state index contributed by atoms with van der Waals surface area (Å²) in [6, 6.07) is -0.276. The van der Waals surface area contributed by atoms with Crippen LogP contribution in [-0.4, -0.2) is 29.9 Å². The fraction of sp³-hybridized carbons (Fsp3) is 0.600. The molecule has 1 heterocycles. The van der Waals surface area contributed by atoms with E-state index in [0.29, 0.717) is 19.5 Å². The number of hydrogen-bond donors (Lipinski definition) is 1. The second-order valence-corrected chi connectivity index (χ2v) is 3.25. The topological polar surface area (TPSA) is 49.4 Å². The van der Waals surface area contributed by atoms with Gasteiger partial charge in [-0.1, -0.05) is 0 Å². The molecule has 0 atom stereocenters. The van der Waals surface area contributed by atoms with Gasteiger partial charge in [0.25, 0.3) is 0 Å². The van der Waals surface area contributed by atoms with Crippen molar-refractivity contribution in [3.8, 4) is 12.3 Å². The number of terminal acetylenes is 1. The molecule has 4 nitrogen and oxygen atoms in total. The summed E-state index contributed by atoms with van der Waals surface area (Å²) in [6.07, 6.45) is 8.07. The van der Waals surface area contributed by atoms with Crippen molar-refractivity contribution < 1.29 is 9.59 Å². The van der Waals surface area contributed by atoms with Crippen LogP contribution in [0.3, 0.4) is 0 Å². The Morgan fingerprint density at radius 1 is 1.43 bits per heavy atom. The largest absolute Gasteiger partial charge is 0.324 e. The maximum absolute atomic E-state index is 11.2. The summed E-state index contributed by atoms with van der Waals surface area (Å²) in [6.45, 7) is 1.21. The molecular weight excluding hydrogens is 180 g/mol. The van der Waals surface area contributed by atoms with Gasteiger partial charge in [-0.3, -0.25) is 10.1 Å². The lowest BCUT2D eigenvalue weighted by Crippen LogP contribution is -2.49. The van der Waals surface area contributed by atoms with Crippen molar-refractivity contribution in [3.63, 3.8) is 0 Å². The molecular formula is C10H14N2O2. The van der Waals surface area contributed by atoms with Gasteiger partial charge in [0.15, 0.2) is 0 Å². The van der Waals surface area contributed by atoms with Crippen molar-refractivity contribution in [2.75, 3.05) is 13.1 Å². The van der Waals surface area contributed by atoms with Gasteiger partial charge in [-0.05, 0) is 12.8 Å². The monoisotopic (exact) mass is 194 g/mol. The highest BCUT2D eigenvalue weighted by Gasteiger charge is 2.21. The summed E-state index contributed by atoms with van der Waals surface area (Å²) in [7, 11) is 0. The third-order valence-electron chi connectivity index (χ3n) is 2.14. The van der Waals surface area contributed by atoms with E-state index in [1.165, 1.54) is 0 Å². The summed E-state index contributed by atoms with van der Waals surface area (Å²) in [5.74, 6) is 2.37. The molecule has 0 radical (unpaired) electrons. The van der Waals surface area contributed by atoms with Crippen molar-refractivity contribution in [2.45, 2.75) is 25.7 Å². The lowest BCUT2D eigenvalue weighted by atomic mass is 10.2. The molecule has 76 valence electrons. The number of carbonyl (C=O) groups excluding carboxylic acids is 2. The van der Waals surface area contributed by atoms with Gasteiger partial charge in [0.1, 0.15) is 0 Å². The minimum Gasteiger partial charge on any atom is -0.324 e. The van der Waals surface area contributed by atoms with Crippen LogP contribution in [0.15, 0.2) is 0 Å². The zero-order chi connectivity index (χ0) is 10.4. The van der Waals surface area contributed by atoms with Gasteiger partial charge in [-0.2, -0.15) is 0 Å². The Kier molecular flexibility index (Phi) is 3.99. The first-order valence-corrected chi connectivity index (χ1v) is 4.76. The van der Waals surface area contributed by atoms with Crippen LogP contribution >= 0.6 is 0 Å². The van der Waals surface area contributed by atoms with Gasteiger partial charge >= 0.3 is 6.03 Å². The maximum atomic E-state index is 11.2. The van der Waals surface area contributed by atoms with Crippen molar-refractivity contribution >= 4 is 11.9 Å². The first-order valence-electron chi connectivity index (χ1n) is 4.76. The molecule has 1 rings (SSSR count).